The van der Waals surface area contributed by atoms with Crippen LogP contribution in [0.5, 0.6) is 11.5 Å². The fourth-order valence-corrected chi connectivity index (χ4v) is 2.86. The number of ether oxygens (including phenoxy) is 1. The first-order valence-electron chi connectivity index (χ1n) is 5.73. The minimum absolute atomic E-state index is 0.159. The van der Waals surface area contributed by atoms with Crippen LogP contribution >= 0.6 is 15.9 Å². The van der Waals surface area contributed by atoms with E-state index >= 15 is 0 Å². The van der Waals surface area contributed by atoms with Crippen LogP contribution in [0.2, 0.25) is 0 Å². The highest BCUT2D eigenvalue weighted by Crippen LogP contribution is 2.29. The van der Waals surface area contributed by atoms with E-state index in [2.05, 4.69) is 15.9 Å². The minimum atomic E-state index is -3.30. The van der Waals surface area contributed by atoms with Crippen molar-refractivity contribution >= 4 is 25.8 Å². The Labute approximate surface area is 125 Å². The van der Waals surface area contributed by atoms with E-state index in [4.69, 9.17) is 4.74 Å². The van der Waals surface area contributed by atoms with E-state index in [-0.39, 0.29) is 10.7 Å². The zero-order valence-electron chi connectivity index (χ0n) is 10.6. The summed E-state index contributed by atoms with van der Waals surface area (Å²) in [6, 6.07) is 10.6. The summed E-state index contributed by atoms with van der Waals surface area (Å²) in [5.41, 5.74) is 0.386. The molecule has 0 radical (unpaired) electrons. The number of hydrogen-bond donors (Lipinski definition) is 0. The Morgan fingerprint density at radius 1 is 1.20 bits per heavy atom. The van der Waals surface area contributed by atoms with Gasteiger partial charge in [0, 0.05) is 17.1 Å². The SMILES string of the molecule is CS(=O)(=O)c1cccc(Oc2cccc(F)c2CBr)c1. The lowest BCUT2D eigenvalue weighted by molar-refractivity contribution is 0.469. The van der Waals surface area contributed by atoms with Gasteiger partial charge in [-0.3, -0.25) is 0 Å². The summed E-state index contributed by atoms with van der Waals surface area (Å²) < 4.78 is 42.2. The second-order valence-electron chi connectivity index (χ2n) is 4.20. The Morgan fingerprint density at radius 3 is 2.55 bits per heavy atom. The monoisotopic (exact) mass is 358 g/mol. The van der Waals surface area contributed by atoms with E-state index in [1.165, 1.54) is 24.3 Å². The zero-order chi connectivity index (χ0) is 14.8. The van der Waals surface area contributed by atoms with Crippen LogP contribution in [0.3, 0.4) is 0 Å². The third-order valence-electron chi connectivity index (χ3n) is 2.67. The predicted octanol–water partition coefficient (Wildman–Crippen LogP) is 3.92. The van der Waals surface area contributed by atoms with Crippen molar-refractivity contribution in [3.05, 3.63) is 53.8 Å². The Balaban J connectivity index is 2.38. The molecule has 0 aromatic heterocycles. The Bertz CT molecular complexity index is 729. The summed E-state index contributed by atoms with van der Waals surface area (Å²) in [6.45, 7) is 0. The van der Waals surface area contributed by atoms with Gasteiger partial charge < -0.3 is 4.74 Å². The largest absolute Gasteiger partial charge is 0.457 e. The van der Waals surface area contributed by atoms with Crippen molar-refractivity contribution in [3.8, 4) is 11.5 Å². The second kappa shape index (κ2) is 5.93. The first-order valence-corrected chi connectivity index (χ1v) is 8.74. The smallest absolute Gasteiger partial charge is 0.175 e. The molecule has 0 aliphatic carbocycles. The maximum Gasteiger partial charge on any atom is 0.175 e. The van der Waals surface area contributed by atoms with Crippen molar-refractivity contribution in [1.29, 1.82) is 0 Å². The molecule has 0 fully saturated rings. The van der Waals surface area contributed by atoms with Gasteiger partial charge in [0.25, 0.3) is 0 Å². The molecule has 0 bridgehead atoms. The van der Waals surface area contributed by atoms with E-state index in [0.29, 0.717) is 22.4 Å². The van der Waals surface area contributed by atoms with Crippen molar-refractivity contribution in [1.82, 2.24) is 0 Å². The fraction of sp³-hybridized carbons (Fsp3) is 0.143. The lowest BCUT2D eigenvalue weighted by Crippen LogP contribution is -1.98. The molecule has 2 aromatic rings. The van der Waals surface area contributed by atoms with Gasteiger partial charge in [-0.1, -0.05) is 28.1 Å². The molecule has 0 saturated heterocycles. The summed E-state index contributed by atoms with van der Waals surface area (Å²) in [4.78, 5) is 0.159. The Kier molecular flexibility index (Phi) is 4.45. The molecule has 6 heteroatoms. The molecule has 20 heavy (non-hydrogen) atoms. The number of benzene rings is 2. The molecule has 0 aliphatic rings. The maximum absolute atomic E-state index is 13.6. The van der Waals surface area contributed by atoms with Crippen LogP contribution in [0, 0.1) is 5.82 Å². The Hall–Kier alpha value is -1.40. The molecule has 2 aromatic carbocycles. The molecule has 106 valence electrons. The van der Waals surface area contributed by atoms with Gasteiger partial charge in [0.05, 0.1) is 4.90 Å². The van der Waals surface area contributed by atoms with E-state index in [0.717, 1.165) is 6.26 Å². The lowest BCUT2D eigenvalue weighted by atomic mass is 10.2. The van der Waals surface area contributed by atoms with Gasteiger partial charge in [-0.2, -0.15) is 0 Å². The van der Waals surface area contributed by atoms with Crippen molar-refractivity contribution in [2.24, 2.45) is 0 Å². The summed E-state index contributed by atoms with van der Waals surface area (Å²) in [5, 5.41) is 0.306. The lowest BCUT2D eigenvalue weighted by Gasteiger charge is -2.11. The standard InChI is InChI=1S/C14H12BrFO3S/c1-20(17,18)11-5-2-4-10(8-11)19-14-7-3-6-13(16)12(14)9-15/h2-8H,9H2,1H3. The molecule has 0 N–H and O–H groups in total. The van der Waals surface area contributed by atoms with Gasteiger partial charge in [-0.15, -0.1) is 0 Å². The molecule has 0 unspecified atom stereocenters. The highest BCUT2D eigenvalue weighted by molar-refractivity contribution is 9.08. The van der Waals surface area contributed by atoms with Gasteiger partial charge in [0.1, 0.15) is 17.3 Å². The van der Waals surface area contributed by atoms with Crippen molar-refractivity contribution in [3.63, 3.8) is 0 Å². The summed E-state index contributed by atoms with van der Waals surface area (Å²) in [7, 11) is -3.30. The third kappa shape index (κ3) is 3.37. The molecular weight excluding hydrogens is 347 g/mol. The molecule has 0 spiro atoms. The van der Waals surface area contributed by atoms with Crippen molar-refractivity contribution < 1.29 is 17.5 Å². The average Bonchev–Trinajstić information content (AvgIpc) is 2.38. The van der Waals surface area contributed by atoms with Crippen molar-refractivity contribution in [2.75, 3.05) is 6.26 Å². The van der Waals surface area contributed by atoms with Crippen LogP contribution in [0.15, 0.2) is 47.4 Å². The highest BCUT2D eigenvalue weighted by Gasteiger charge is 2.11. The van der Waals surface area contributed by atoms with E-state index in [1.807, 2.05) is 0 Å². The van der Waals surface area contributed by atoms with Crippen LogP contribution in [0.4, 0.5) is 4.39 Å². The van der Waals surface area contributed by atoms with E-state index in [9.17, 15) is 12.8 Å². The highest BCUT2D eigenvalue weighted by atomic mass is 79.9. The number of rotatable bonds is 4. The van der Waals surface area contributed by atoms with Crippen LogP contribution in [-0.4, -0.2) is 14.7 Å². The van der Waals surface area contributed by atoms with Crippen molar-refractivity contribution in [2.45, 2.75) is 10.2 Å². The molecule has 0 heterocycles. The van der Waals surface area contributed by atoms with E-state index < -0.39 is 9.84 Å². The van der Waals surface area contributed by atoms with Crippen LogP contribution in [0.25, 0.3) is 0 Å². The molecule has 0 aliphatic heterocycles. The molecule has 2 rings (SSSR count). The predicted molar refractivity (Wildman–Crippen MR) is 78.7 cm³/mol. The average molecular weight is 359 g/mol. The molecule has 0 amide bonds. The fourth-order valence-electron chi connectivity index (χ4n) is 1.66. The first-order chi connectivity index (χ1) is 9.41. The second-order valence-corrected chi connectivity index (χ2v) is 6.78. The number of sulfone groups is 1. The van der Waals surface area contributed by atoms with Gasteiger partial charge in [-0.05, 0) is 30.3 Å². The van der Waals surface area contributed by atoms with Gasteiger partial charge in [0.15, 0.2) is 9.84 Å². The molecule has 3 nitrogen and oxygen atoms in total. The molecular formula is C14H12BrFO3S. The first kappa shape index (κ1) is 15.0. The summed E-state index contributed by atoms with van der Waals surface area (Å²) in [5.74, 6) is 0.326. The Morgan fingerprint density at radius 2 is 1.90 bits per heavy atom. The van der Waals surface area contributed by atoms with Gasteiger partial charge >= 0.3 is 0 Å². The molecule has 0 saturated carbocycles. The van der Waals surface area contributed by atoms with Crippen LogP contribution in [0.1, 0.15) is 5.56 Å². The number of hydrogen-bond acceptors (Lipinski definition) is 3. The van der Waals surface area contributed by atoms with Gasteiger partial charge in [-0.25, -0.2) is 12.8 Å². The third-order valence-corrected chi connectivity index (χ3v) is 4.34. The minimum Gasteiger partial charge on any atom is -0.457 e. The van der Waals surface area contributed by atoms with Crippen LogP contribution < -0.4 is 4.74 Å². The number of halogens is 2. The van der Waals surface area contributed by atoms with Gasteiger partial charge in [0.2, 0.25) is 0 Å². The zero-order valence-corrected chi connectivity index (χ0v) is 13.0. The molecule has 0 atom stereocenters. The topological polar surface area (TPSA) is 43.4 Å². The maximum atomic E-state index is 13.6. The summed E-state index contributed by atoms with van der Waals surface area (Å²) >= 11 is 3.20. The van der Waals surface area contributed by atoms with E-state index in [1.54, 1.807) is 18.2 Å². The summed E-state index contributed by atoms with van der Waals surface area (Å²) in [6.07, 6.45) is 1.12. The normalized spacial score (nSPS) is 11.3. The number of alkyl halides is 1. The van der Waals surface area contributed by atoms with Crippen LogP contribution in [-0.2, 0) is 15.2 Å². The quantitative estimate of drug-likeness (QED) is 0.778.